The molecule has 0 saturated heterocycles. The number of hydrogen-bond acceptors (Lipinski definition) is 5. The maximum atomic E-state index is 12.7. The monoisotopic (exact) mass is 370 g/mol. The number of ether oxygens (including phenoxy) is 2. The van der Waals surface area contributed by atoms with Gasteiger partial charge in [-0.3, -0.25) is 4.79 Å². The first-order valence-electron chi connectivity index (χ1n) is 8.83. The minimum Gasteiger partial charge on any atom is -0.493 e. The summed E-state index contributed by atoms with van der Waals surface area (Å²) in [5.74, 6) is 2.73. The molecule has 5 nitrogen and oxygen atoms in total. The highest BCUT2D eigenvalue weighted by Gasteiger charge is 2.23. The van der Waals surface area contributed by atoms with Crippen molar-refractivity contribution < 1.29 is 9.47 Å². The summed E-state index contributed by atoms with van der Waals surface area (Å²) in [7, 11) is 3.23. The lowest BCUT2D eigenvalue weighted by molar-refractivity contribution is 0.354. The molecule has 1 aliphatic carbocycles. The molecule has 0 spiro atoms. The van der Waals surface area contributed by atoms with E-state index < -0.39 is 0 Å². The van der Waals surface area contributed by atoms with Crippen LogP contribution in [0.25, 0.3) is 10.2 Å². The van der Waals surface area contributed by atoms with Crippen LogP contribution in [0.15, 0.2) is 23.0 Å². The summed E-state index contributed by atoms with van der Waals surface area (Å²) in [6.45, 7) is 2.27. The molecule has 3 aromatic rings. The van der Waals surface area contributed by atoms with Crippen molar-refractivity contribution in [3.8, 4) is 11.5 Å². The Kier molecular flexibility index (Phi) is 4.44. The molecule has 1 atom stereocenters. The molecule has 0 radical (unpaired) electrons. The van der Waals surface area contributed by atoms with E-state index in [0.717, 1.165) is 35.0 Å². The molecule has 0 saturated carbocycles. The van der Waals surface area contributed by atoms with Crippen molar-refractivity contribution in [2.45, 2.75) is 32.6 Å². The molecule has 1 aromatic carbocycles. The summed E-state index contributed by atoms with van der Waals surface area (Å²) < 4.78 is 10.6. The predicted octanol–water partition coefficient (Wildman–Crippen LogP) is 3.72. The van der Waals surface area contributed by atoms with Crippen molar-refractivity contribution in [3.05, 3.63) is 50.4 Å². The van der Waals surface area contributed by atoms with E-state index in [2.05, 4.69) is 11.9 Å². The van der Waals surface area contributed by atoms with Gasteiger partial charge in [-0.1, -0.05) is 13.0 Å². The highest BCUT2D eigenvalue weighted by Crippen LogP contribution is 2.35. The fraction of sp³-hybridized carbons (Fsp3) is 0.400. The van der Waals surface area contributed by atoms with Crippen LogP contribution in [0.5, 0.6) is 11.5 Å². The van der Waals surface area contributed by atoms with Crippen LogP contribution in [0.1, 0.15) is 35.2 Å². The molecule has 0 amide bonds. The van der Waals surface area contributed by atoms with Crippen molar-refractivity contribution in [3.63, 3.8) is 0 Å². The van der Waals surface area contributed by atoms with E-state index in [1.807, 2.05) is 18.2 Å². The zero-order valence-electron chi connectivity index (χ0n) is 15.2. The predicted molar refractivity (Wildman–Crippen MR) is 104 cm³/mol. The second-order valence-corrected chi connectivity index (χ2v) is 7.99. The van der Waals surface area contributed by atoms with Crippen molar-refractivity contribution >= 4 is 21.6 Å². The quantitative estimate of drug-likeness (QED) is 0.760. The van der Waals surface area contributed by atoms with Crippen LogP contribution in [0, 0.1) is 5.92 Å². The molecule has 26 heavy (non-hydrogen) atoms. The van der Waals surface area contributed by atoms with Crippen molar-refractivity contribution in [1.82, 2.24) is 9.97 Å². The largest absolute Gasteiger partial charge is 0.493 e. The summed E-state index contributed by atoms with van der Waals surface area (Å²) in [4.78, 5) is 22.6. The fourth-order valence-electron chi connectivity index (χ4n) is 3.66. The summed E-state index contributed by atoms with van der Waals surface area (Å²) in [5.41, 5.74) is 2.21. The highest BCUT2D eigenvalue weighted by atomic mass is 32.1. The van der Waals surface area contributed by atoms with Crippen LogP contribution in [-0.4, -0.2) is 24.2 Å². The first-order chi connectivity index (χ1) is 12.6. The smallest absolute Gasteiger partial charge is 0.259 e. The Morgan fingerprint density at radius 3 is 2.85 bits per heavy atom. The van der Waals surface area contributed by atoms with Crippen LogP contribution in [0.4, 0.5) is 0 Å². The number of aromatic nitrogens is 2. The van der Waals surface area contributed by atoms with Gasteiger partial charge < -0.3 is 14.5 Å². The van der Waals surface area contributed by atoms with E-state index in [1.165, 1.54) is 10.4 Å². The number of aromatic amines is 1. The summed E-state index contributed by atoms with van der Waals surface area (Å²) in [6, 6.07) is 5.76. The molecule has 2 heterocycles. The molecule has 1 aliphatic rings. The molecule has 1 unspecified atom stereocenters. The van der Waals surface area contributed by atoms with Gasteiger partial charge in [-0.25, -0.2) is 4.98 Å². The lowest BCUT2D eigenvalue weighted by Gasteiger charge is -2.17. The molecule has 2 aromatic heterocycles. The summed E-state index contributed by atoms with van der Waals surface area (Å²) in [5, 5.41) is 0.799. The number of nitrogens with zero attached hydrogens (tertiary/aromatic N) is 1. The van der Waals surface area contributed by atoms with Crippen molar-refractivity contribution in [1.29, 1.82) is 0 Å². The maximum absolute atomic E-state index is 12.7. The van der Waals surface area contributed by atoms with Gasteiger partial charge in [-0.05, 0) is 48.4 Å². The number of fused-ring (bicyclic) bond motifs is 3. The lowest BCUT2D eigenvalue weighted by atomic mass is 9.89. The van der Waals surface area contributed by atoms with Gasteiger partial charge in [0.25, 0.3) is 5.56 Å². The molecule has 6 heteroatoms. The molecule has 0 fully saturated rings. The number of thiophene rings is 1. The number of nitrogens with one attached hydrogen (secondary N) is 1. The minimum absolute atomic E-state index is 0.0162. The Morgan fingerprint density at radius 1 is 1.27 bits per heavy atom. The van der Waals surface area contributed by atoms with Gasteiger partial charge in [-0.15, -0.1) is 11.3 Å². The normalized spacial score (nSPS) is 16.5. The Morgan fingerprint density at radius 2 is 2.08 bits per heavy atom. The highest BCUT2D eigenvalue weighted by molar-refractivity contribution is 7.18. The zero-order valence-corrected chi connectivity index (χ0v) is 16.0. The lowest BCUT2D eigenvalue weighted by Crippen LogP contribution is -2.14. The van der Waals surface area contributed by atoms with E-state index >= 15 is 0 Å². The zero-order chi connectivity index (χ0) is 18.3. The van der Waals surface area contributed by atoms with Crippen LogP contribution in [0.2, 0.25) is 0 Å². The van der Waals surface area contributed by atoms with E-state index in [1.54, 1.807) is 25.6 Å². The van der Waals surface area contributed by atoms with Crippen LogP contribution in [-0.2, 0) is 19.3 Å². The van der Waals surface area contributed by atoms with Crippen LogP contribution in [0.3, 0.4) is 0 Å². The summed E-state index contributed by atoms with van der Waals surface area (Å²) >= 11 is 1.68. The van der Waals surface area contributed by atoms with E-state index in [-0.39, 0.29) is 5.56 Å². The third kappa shape index (κ3) is 2.98. The SMILES string of the molecule is COc1ccc(Cc2nc3sc4c(c3c(=O)[nH]2)CCC(C)C4)cc1OC. The topological polar surface area (TPSA) is 64.2 Å². The third-order valence-electron chi connectivity index (χ3n) is 5.03. The average Bonchev–Trinajstić information content (AvgIpc) is 2.99. The molecule has 4 rings (SSSR count). The Hall–Kier alpha value is -2.34. The van der Waals surface area contributed by atoms with Gasteiger partial charge in [0.2, 0.25) is 0 Å². The summed E-state index contributed by atoms with van der Waals surface area (Å²) in [6.07, 6.45) is 3.73. The number of rotatable bonds is 4. The second kappa shape index (κ2) is 6.76. The van der Waals surface area contributed by atoms with Crippen LogP contribution < -0.4 is 15.0 Å². The molecule has 0 bridgehead atoms. The number of H-pyrrole nitrogens is 1. The van der Waals surface area contributed by atoms with Gasteiger partial charge in [0.05, 0.1) is 19.6 Å². The molecule has 136 valence electrons. The first kappa shape index (κ1) is 17.1. The third-order valence-corrected chi connectivity index (χ3v) is 6.18. The average molecular weight is 370 g/mol. The molecular formula is C20H22N2O3S. The number of hydrogen-bond donors (Lipinski definition) is 1. The molecule has 1 N–H and O–H groups in total. The van der Waals surface area contributed by atoms with Crippen molar-refractivity contribution in [2.75, 3.05) is 14.2 Å². The Bertz CT molecular complexity index is 1020. The van der Waals surface area contributed by atoms with E-state index in [9.17, 15) is 4.79 Å². The second-order valence-electron chi connectivity index (χ2n) is 6.91. The van der Waals surface area contributed by atoms with E-state index in [4.69, 9.17) is 14.5 Å². The van der Waals surface area contributed by atoms with Crippen LogP contribution >= 0.6 is 11.3 Å². The van der Waals surface area contributed by atoms with E-state index in [0.29, 0.717) is 29.7 Å². The van der Waals surface area contributed by atoms with Gasteiger partial charge >= 0.3 is 0 Å². The molecule has 0 aliphatic heterocycles. The maximum Gasteiger partial charge on any atom is 0.259 e. The minimum atomic E-state index is -0.0162. The van der Waals surface area contributed by atoms with Gasteiger partial charge in [0.15, 0.2) is 11.5 Å². The fourth-order valence-corrected chi connectivity index (χ4v) is 5.06. The first-order valence-corrected chi connectivity index (χ1v) is 9.65. The van der Waals surface area contributed by atoms with Gasteiger partial charge in [-0.2, -0.15) is 0 Å². The van der Waals surface area contributed by atoms with Gasteiger partial charge in [0, 0.05) is 11.3 Å². The number of aryl methyl sites for hydroxylation is 1. The Balaban J connectivity index is 1.71. The number of benzene rings is 1. The number of methoxy groups -OCH3 is 2. The standard InChI is InChI=1S/C20H22N2O3S/c1-11-4-6-13-16(8-11)26-20-18(13)19(23)21-17(22-20)10-12-5-7-14(24-2)15(9-12)25-3/h5,7,9,11H,4,6,8,10H2,1-3H3,(H,21,22,23). The van der Waals surface area contributed by atoms with Gasteiger partial charge in [0.1, 0.15) is 10.7 Å². The molecular weight excluding hydrogens is 348 g/mol. The Labute approximate surface area is 156 Å². The van der Waals surface area contributed by atoms with Crippen molar-refractivity contribution in [2.24, 2.45) is 5.92 Å².